The van der Waals surface area contributed by atoms with Crippen molar-refractivity contribution in [2.75, 3.05) is 10.6 Å². The summed E-state index contributed by atoms with van der Waals surface area (Å²) in [6.07, 6.45) is 3.17. The van der Waals surface area contributed by atoms with Gasteiger partial charge < -0.3 is 5.32 Å². The highest BCUT2D eigenvalue weighted by Crippen LogP contribution is 2.23. The van der Waals surface area contributed by atoms with Crippen LogP contribution in [0.4, 0.5) is 5.69 Å². The van der Waals surface area contributed by atoms with Crippen LogP contribution in [-0.4, -0.2) is 32.7 Å². The second-order valence-electron chi connectivity index (χ2n) is 7.26. The third-order valence-electron chi connectivity index (χ3n) is 4.68. The van der Waals surface area contributed by atoms with Gasteiger partial charge in [0.05, 0.1) is 11.9 Å². The molecule has 0 aliphatic rings. The molecule has 5 nitrogen and oxygen atoms in total. The van der Waals surface area contributed by atoms with Crippen molar-refractivity contribution < 1.29 is 13.2 Å². The summed E-state index contributed by atoms with van der Waals surface area (Å²) in [6, 6.07) is 16.5. The Morgan fingerprint density at radius 1 is 1.11 bits per heavy atom. The van der Waals surface area contributed by atoms with E-state index in [4.69, 9.17) is 0 Å². The zero-order chi connectivity index (χ0) is 20.7. The molecule has 0 spiro atoms. The molecule has 1 N–H and O–H groups in total. The smallest absolute Gasteiger partial charge is 0.244 e. The molecule has 1 amide bonds. The predicted octanol–water partition coefficient (Wildman–Crippen LogP) is 3.68. The van der Waals surface area contributed by atoms with E-state index in [1.54, 1.807) is 18.2 Å². The Kier molecular flexibility index (Phi) is 7.63. The maximum absolute atomic E-state index is 12.9. The summed E-state index contributed by atoms with van der Waals surface area (Å²) in [7, 11) is -3.61. The molecule has 6 heteroatoms. The van der Waals surface area contributed by atoms with E-state index in [1.165, 1.54) is 9.87 Å². The largest absolute Gasteiger partial charge is 0.352 e. The number of sulfonamides is 1. The number of nitrogens with zero attached hydrogens (tertiary/aromatic N) is 1. The van der Waals surface area contributed by atoms with Crippen molar-refractivity contribution in [2.45, 2.75) is 52.1 Å². The number of amides is 1. The van der Waals surface area contributed by atoms with Gasteiger partial charge in [-0.2, -0.15) is 0 Å². The zero-order valence-electron chi connectivity index (χ0n) is 17.1. The van der Waals surface area contributed by atoms with Crippen molar-refractivity contribution in [1.82, 2.24) is 5.32 Å². The van der Waals surface area contributed by atoms with Crippen LogP contribution in [-0.2, 0) is 21.2 Å². The fourth-order valence-electron chi connectivity index (χ4n) is 3.26. The monoisotopic (exact) mass is 402 g/mol. The van der Waals surface area contributed by atoms with Crippen LogP contribution >= 0.6 is 0 Å². The topological polar surface area (TPSA) is 66.5 Å². The first kappa shape index (κ1) is 22.0. The number of carbonyl (C=O) groups excluding carboxylic acids is 1. The molecule has 0 aromatic heterocycles. The predicted molar refractivity (Wildman–Crippen MR) is 115 cm³/mol. The average molecular weight is 403 g/mol. The summed E-state index contributed by atoms with van der Waals surface area (Å²) < 4.78 is 26.2. The van der Waals surface area contributed by atoms with E-state index in [1.807, 2.05) is 45.0 Å². The summed E-state index contributed by atoms with van der Waals surface area (Å²) in [6.45, 7) is 5.68. The molecule has 28 heavy (non-hydrogen) atoms. The Labute approximate surface area is 168 Å². The number of aryl methyl sites for hydroxylation is 2. The van der Waals surface area contributed by atoms with Crippen LogP contribution in [0.15, 0.2) is 54.6 Å². The summed E-state index contributed by atoms with van der Waals surface area (Å²) in [5, 5.41) is 2.99. The Bertz CT molecular complexity index is 882. The minimum atomic E-state index is -3.61. The standard InChI is InChI=1S/C22H30N2O3S/c1-5-21(24(28(4,26)27)20-13-9-10-17(2)16-20)22(25)23-18(3)14-15-19-11-7-6-8-12-19/h6-13,16,18,21H,5,14-15H2,1-4H3,(H,23,25)/t18-,21+/m1/s1. The normalized spacial score (nSPS) is 13.6. The minimum Gasteiger partial charge on any atom is -0.352 e. The van der Waals surface area contributed by atoms with Gasteiger partial charge in [-0.05, 0) is 56.4 Å². The Morgan fingerprint density at radius 3 is 2.36 bits per heavy atom. The van der Waals surface area contributed by atoms with Crippen LogP contribution in [0, 0.1) is 6.92 Å². The summed E-state index contributed by atoms with van der Waals surface area (Å²) in [4.78, 5) is 12.9. The first-order valence-corrected chi connectivity index (χ1v) is 11.5. The van der Waals surface area contributed by atoms with Gasteiger partial charge in [0.15, 0.2) is 0 Å². The Morgan fingerprint density at radius 2 is 1.79 bits per heavy atom. The van der Waals surface area contributed by atoms with Gasteiger partial charge >= 0.3 is 0 Å². The number of rotatable bonds is 9. The number of carbonyl (C=O) groups is 1. The lowest BCUT2D eigenvalue weighted by molar-refractivity contribution is -0.122. The van der Waals surface area contributed by atoms with E-state index in [0.717, 1.165) is 24.7 Å². The molecule has 0 unspecified atom stereocenters. The van der Waals surface area contributed by atoms with Crippen LogP contribution in [0.1, 0.15) is 37.8 Å². The van der Waals surface area contributed by atoms with Gasteiger partial charge in [-0.3, -0.25) is 9.10 Å². The van der Waals surface area contributed by atoms with E-state index >= 15 is 0 Å². The maximum Gasteiger partial charge on any atom is 0.244 e. The molecule has 0 radical (unpaired) electrons. The molecule has 0 saturated heterocycles. The Balaban J connectivity index is 2.12. The van der Waals surface area contributed by atoms with Gasteiger partial charge in [0, 0.05) is 6.04 Å². The highest BCUT2D eigenvalue weighted by molar-refractivity contribution is 7.92. The van der Waals surface area contributed by atoms with Gasteiger partial charge in [-0.25, -0.2) is 8.42 Å². The maximum atomic E-state index is 12.9. The van der Waals surface area contributed by atoms with Crippen LogP contribution < -0.4 is 9.62 Å². The molecular formula is C22H30N2O3S. The van der Waals surface area contributed by atoms with Crippen molar-refractivity contribution in [3.8, 4) is 0 Å². The van der Waals surface area contributed by atoms with E-state index in [-0.39, 0.29) is 11.9 Å². The van der Waals surface area contributed by atoms with Crippen molar-refractivity contribution in [3.63, 3.8) is 0 Å². The van der Waals surface area contributed by atoms with Crippen molar-refractivity contribution >= 4 is 21.6 Å². The molecule has 2 aromatic rings. The molecule has 2 atom stereocenters. The third-order valence-corrected chi connectivity index (χ3v) is 5.86. The molecule has 0 heterocycles. The summed E-state index contributed by atoms with van der Waals surface area (Å²) in [5.41, 5.74) is 2.67. The Hall–Kier alpha value is -2.34. The first-order valence-electron chi connectivity index (χ1n) is 9.62. The summed E-state index contributed by atoms with van der Waals surface area (Å²) >= 11 is 0. The van der Waals surface area contributed by atoms with Gasteiger partial charge in [-0.1, -0.05) is 49.4 Å². The van der Waals surface area contributed by atoms with Gasteiger partial charge in [0.2, 0.25) is 15.9 Å². The molecule has 2 rings (SSSR count). The van der Waals surface area contributed by atoms with Gasteiger partial charge in [0.1, 0.15) is 6.04 Å². The van der Waals surface area contributed by atoms with Crippen molar-refractivity contribution in [2.24, 2.45) is 0 Å². The number of hydrogen-bond donors (Lipinski definition) is 1. The fraction of sp³-hybridized carbons (Fsp3) is 0.409. The summed E-state index contributed by atoms with van der Waals surface area (Å²) in [5.74, 6) is -0.269. The number of anilines is 1. The third kappa shape index (κ3) is 6.09. The lowest BCUT2D eigenvalue weighted by Crippen LogP contribution is -2.51. The van der Waals surface area contributed by atoms with E-state index in [0.29, 0.717) is 12.1 Å². The van der Waals surface area contributed by atoms with Crippen LogP contribution in [0.3, 0.4) is 0 Å². The second-order valence-corrected chi connectivity index (χ2v) is 9.12. The highest BCUT2D eigenvalue weighted by Gasteiger charge is 2.32. The SMILES string of the molecule is CC[C@@H](C(=O)N[C@H](C)CCc1ccccc1)N(c1cccc(C)c1)S(C)(=O)=O. The molecule has 0 saturated carbocycles. The van der Waals surface area contributed by atoms with Gasteiger partial charge in [0.25, 0.3) is 0 Å². The molecule has 0 bridgehead atoms. The van der Waals surface area contributed by atoms with E-state index in [9.17, 15) is 13.2 Å². The number of benzene rings is 2. The molecule has 152 valence electrons. The lowest BCUT2D eigenvalue weighted by Gasteiger charge is -2.31. The second kappa shape index (κ2) is 9.73. The average Bonchev–Trinajstić information content (AvgIpc) is 2.64. The van der Waals surface area contributed by atoms with E-state index < -0.39 is 16.1 Å². The number of nitrogens with one attached hydrogen (secondary N) is 1. The lowest BCUT2D eigenvalue weighted by atomic mass is 10.1. The molecule has 0 fully saturated rings. The molecule has 0 aliphatic carbocycles. The van der Waals surface area contributed by atoms with Crippen LogP contribution in [0.25, 0.3) is 0 Å². The van der Waals surface area contributed by atoms with Crippen LogP contribution in [0.5, 0.6) is 0 Å². The van der Waals surface area contributed by atoms with E-state index in [2.05, 4.69) is 17.4 Å². The van der Waals surface area contributed by atoms with Crippen molar-refractivity contribution in [1.29, 1.82) is 0 Å². The fourth-order valence-corrected chi connectivity index (χ4v) is 4.47. The van der Waals surface area contributed by atoms with Crippen molar-refractivity contribution in [3.05, 3.63) is 65.7 Å². The molecular weight excluding hydrogens is 372 g/mol. The van der Waals surface area contributed by atoms with Gasteiger partial charge in [-0.15, -0.1) is 0 Å². The first-order chi connectivity index (χ1) is 13.2. The minimum absolute atomic E-state index is 0.0549. The highest BCUT2D eigenvalue weighted by atomic mass is 32.2. The van der Waals surface area contributed by atoms with Crippen LogP contribution in [0.2, 0.25) is 0 Å². The quantitative estimate of drug-likeness (QED) is 0.696. The number of hydrogen-bond acceptors (Lipinski definition) is 3. The molecule has 0 aliphatic heterocycles. The molecule has 2 aromatic carbocycles. The zero-order valence-corrected chi connectivity index (χ0v) is 17.9.